The van der Waals surface area contributed by atoms with Crippen LogP contribution in [0.25, 0.3) is 0 Å². The van der Waals surface area contributed by atoms with Crippen LogP contribution in [0, 0.1) is 5.92 Å². The van der Waals surface area contributed by atoms with Gasteiger partial charge in [0.05, 0.1) is 7.11 Å². The van der Waals surface area contributed by atoms with Gasteiger partial charge in [-0.15, -0.1) is 0 Å². The van der Waals surface area contributed by atoms with Crippen LogP contribution in [0.2, 0.25) is 0 Å². The predicted octanol–water partition coefficient (Wildman–Crippen LogP) is -0.629. The van der Waals surface area contributed by atoms with Crippen molar-refractivity contribution in [1.29, 1.82) is 0 Å². The van der Waals surface area contributed by atoms with Crippen molar-refractivity contribution in [3.63, 3.8) is 0 Å². The molecular formula is C13H21N3O4. The Morgan fingerprint density at radius 1 is 1.35 bits per heavy atom. The maximum atomic E-state index is 12.0. The van der Waals surface area contributed by atoms with E-state index in [0.717, 1.165) is 4.57 Å². The Balaban J connectivity index is 2.98. The summed E-state index contributed by atoms with van der Waals surface area (Å²) in [5.74, 6) is -0.347. The van der Waals surface area contributed by atoms with Crippen molar-refractivity contribution in [1.82, 2.24) is 14.5 Å². The molecule has 0 aliphatic heterocycles. The summed E-state index contributed by atoms with van der Waals surface area (Å²) >= 11 is 0. The van der Waals surface area contributed by atoms with Gasteiger partial charge in [-0.2, -0.15) is 0 Å². The second-order valence-electron chi connectivity index (χ2n) is 5.04. The summed E-state index contributed by atoms with van der Waals surface area (Å²) in [6, 6.07) is -0.498. The molecule has 0 aromatic carbocycles. The molecular weight excluding hydrogens is 262 g/mol. The van der Waals surface area contributed by atoms with Gasteiger partial charge in [-0.3, -0.25) is 19.5 Å². The Bertz CT molecular complexity index is 601. The molecule has 1 atom stereocenters. The first-order valence-electron chi connectivity index (χ1n) is 6.36. The van der Waals surface area contributed by atoms with Gasteiger partial charge in [-0.25, -0.2) is 4.79 Å². The van der Waals surface area contributed by atoms with Gasteiger partial charge in [0.2, 0.25) is 0 Å². The van der Waals surface area contributed by atoms with E-state index in [9.17, 15) is 14.4 Å². The van der Waals surface area contributed by atoms with E-state index in [1.54, 1.807) is 7.05 Å². The number of ether oxygens (including phenoxy) is 1. The Morgan fingerprint density at radius 3 is 2.45 bits per heavy atom. The standard InChI is InChI=1S/C13H21N3O4/c1-8(2)10(12(18)20-5)14-6-9-7-15(3)13(19)16(4)11(9)17/h7-8,10,14H,6H2,1-5H3. The summed E-state index contributed by atoms with van der Waals surface area (Å²) in [5.41, 5.74) is -0.329. The number of aryl methyl sites for hydroxylation is 1. The molecule has 0 aliphatic carbocycles. The largest absolute Gasteiger partial charge is 0.468 e. The lowest BCUT2D eigenvalue weighted by Crippen LogP contribution is -2.44. The molecule has 1 N–H and O–H groups in total. The smallest absolute Gasteiger partial charge is 0.330 e. The molecule has 0 spiro atoms. The minimum atomic E-state index is -0.498. The third kappa shape index (κ3) is 3.36. The molecule has 0 fully saturated rings. The summed E-state index contributed by atoms with van der Waals surface area (Å²) in [6.45, 7) is 3.96. The predicted molar refractivity (Wildman–Crippen MR) is 74.4 cm³/mol. The van der Waals surface area contributed by atoms with Crippen LogP contribution in [0.3, 0.4) is 0 Å². The van der Waals surface area contributed by atoms with Crippen LogP contribution >= 0.6 is 0 Å². The van der Waals surface area contributed by atoms with Crippen LogP contribution in [-0.2, 0) is 30.2 Å². The molecule has 0 amide bonds. The van der Waals surface area contributed by atoms with Crippen LogP contribution in [-0.4, -0.2) is 28.3 Å². The number of aromatic nitrogens is 2. The van der Waals surface area contributed by atoms with Crippen LogP contribution in [0.4, 0.5) is 0 Å². The van der Waals surface area contributed by atoms with E-state index in [-0.39, 0.29) is 29.7 Å². The molecule has 0 aliphatic rings. The molecule has 0 bridgehead atoms. The average molecular weight is 283 g/mol. The molecule has 0 radical (unpaired) electrons. The highest BCUT2D eigenvalue weighted by atomic mass is 16.5. The van der Waals surface area contributed by atoms with Crippen molar-refractivity contribution in [2.45, 2.75) is 26.4 Å². The van der Waals surface area contributed by atoms with Gasteiger partial charge < -0.3 is 9.30 Å². The van der Waals surface area contributed by atoms with Crippen molar-refractivity contribution >= 4 is 5.97 Å². The van der Waals surface area contributed by atoms with Gasteiger partial charge in [-0.05, 0) is 5.92 Å². The lowest BCUT2D eigenvalue weighted by atomic mass is 10.0. The SMILES string of the molecule is COC(=O)C(NCc1cn(C)c(=O)n(C)c1=O)C(C)C. The monoisotopic (exact) mass is 283 g/mol. The number of methoxy groups -OCH3 is 1. The highest BCUT2D eigenvalue weighted by molar-refractivity contribution is 5.75. The van der Waals surface area contributed by atoms with Crippen LogP contribution in [0.5, 0.6) is 0 Å². The molecule has 1 unspecified atom stereocenters. The highest BCUT2D eigenvalue weighted by Gasteiger charge is 2.22. The minimum absolute atomic E-state index is 0.0267. The number of hydrogen-bond acceptors (Lipinski definition) is 5. The molecule has 1 rings (SSSR count). The average Bonchev–Trinajstić information content (AvgIpc) is 2.41. The van der Waals surface area contributed by atoms with E-state index in [2.05, 4.69) is 5.32 Å². The van der Waals surface area contributed by atoms with Crippen molar-refractivity contribution in [3.8, 4) is 0 Å². The Morgan fingerprint density at radius 2 is 1.95 bits per heavy atom. The van der Waals surface area contributed by atoms with E-state index < -0.39 is 6.04 Å². The minimum Gasteiger partial charge on any atom is -0.468 e. The number of nitrogens with one attached hydrogen (secondary N) is 1. The Hall–Kier alpha value is -1.89. The van der Waals surface area contributed by atoms with Crippen LogP contribution < -0.4 is 16.6 Å². The fraction of sp³-hybridized carbons (Fsp3) is 0.615. The van der Waals surface area contributed by atoms with E-state index in [1.165, 1.54) is 24.9 Å². The van der Waals surface area contributed by atoms with Gasteiger partial charge in [0.1, 0.15) is 6.04 Å². The van der Waals surface area contributed by atoms with Crippen molar-refractivity contribution < 1.29 is 9.53 Å². The quantitative estimate of drug-likeness (QED) is 0.728. The van der Waals surface area contributed by atoms with Gasteiger partial charge in [0.25, 0.3) is 5.56 Å². The fourth-order valence-corrected chi connectivity index (χ4v) is 1.94. The summed E-state index contributed by atoms with van der Waals surface area (Å²) < 4.78 is 7.09. The highest BCUT2D eigenvalue weighted by Crippen LogP contribution is 2.04. The molecule has 1 aromatic rings. The molecule has 0 saturated carbocycles. The topological polar surface area (TPSA) is 82.3 Å². The fourth-order valence-electron chi connectivity index (χ4n) is 1.94. The lowest BCUT2D eigenvalue weighted by molar-refractivity contribution is -0.144. The number of rotatable bonds is 5. The van der Waals surface area contributed by atoms with E-state index in [0.29, 0.717) is 5.56 Å². The number of hydrogen-bond donors (Lipinski definition) is 1. The molecule has 112 valence electrons. The first-order chi connectivity index (χ1) is 9.29. The van der Waals surface area contributed by atoms with Crippen molar-refractivity contribution in [2.24, 2.45) is 20.0 Å². The lowest BCUT2D eigenvalue weighted by Gasteiger charge is -2.19. The van der Waals surface area contributed by atoms with Gasteiger partial charge in [0, 0.05) is 32.4 Å². The van der Waals surface area contributed by atoms with Crippen LogP contribution in [0.1, 0.15) is 19.4 Å². The van der Waals surface area contributed by atoms with E-state index in [1.807, 2.05) is 13.8 Å². The summed E-state index contributed by atoms with van der Waals surface area (Å²) in [4.78, 5) is 35.2. The number of carbonyl (C=O) groups is 1. The second-order valence-corrected chi connectivity index (χ2v) is 5.04. The normalized spacial score (nSPS) is 12.5. The molecule has 20 heavy (non-hydrogen) atoms. The zero-order valence-corrected chi connectivity index (χ0v) is 12.5. The molecule has 1 heterocycles. The Kier molecular flexibility index (Phi) is 5.26. The number of nitrogens with zero attached hydrogens (tertiary/aromatic N) is 2. The number of esters is 1. The third-order valence-corrected chi connectivity index (χ3v) is 3.15. The zero-order valence-electron chi connectivity index (χ0n) is 12.5. The second kappa shape index (κ2) is 6.51. The third-order valence-electron chi connectivity index (χ3n) is 3.15. The number of carbonyl (C=O) groups excluding carboxylic acids is 1. The first kappa shape index (κ1) is 16.2. The molecule has 0 saturated heterocycles. The maximum Gasteiger partial charge on any atom is 0.330 e. The van der Waals surface area contributed by atoms with E-state index in [4.69, 9.17) is 4.74 Å². The molecule has 7 nitrogen and oxygen atoms in total. The van der Waals surface area contributed by atoms with Gasteiger partial charge >= 0.3 is 11.7 Å². The van der Waals surface area contributed by atoms with Crippen molar-refractivity contribution in [2.75, 3.05) is 7.11 Å². The molecule has 1 aromatic heterocycles. The van der Waals surface area contributed by atoms with Crippen LogP contribution in [0.15, 0.2) is 15.8 Å². The van der Waals surface area contributed by atoms with Crippen molar-refractivity contribution in [3.05, 3.63) is 32.6 Å². The zero-order chi connectivity index (χ0) is 15.4. The van der Waals surface area contributed by atoms with E-state index >= 15 is 0 Å². The molecule has 7 heteroatoms. The van der Waals surface area contributed by atoms with Gasteiger partial charge in [0.15, 0.2) is 0 Å². The first-order valence-corrected chi connectivity index (χ1v) is 6.36. The summed E-state index contributed by atoms with van der Waals surface area (Å²) in [6.07, 6.45) is 1.48. The Labute approximate surface area is 117 Å². The van der Waals surface area contributed by atoms with Gasteiger partial charge in [-0.1, -0.05) is 13.8 Å². The summed E-state index contributed by atoms with van der Waals surface area (Å²) in [5, 5.41) is 3.00. The summed E-state index contributed by atoms with van der Waals surface area (Å²) in [7, 11) is 4.32. The maximum absolute atomic E-state index is 12.0.